The van der Waals surface area contributed by atoms with E-state index in [1.165, 1.54) is 0 Å². The Bertz CT molecular complexity index is 615. The molecule has 2 heterocycles. The minimum absolute atomic E-state index is 0.0492. The van der Waals surface area contributed by atoms with Gasteiger partial charge in [-0.1, -0.05) is 23.7 Å². The normalized spacial score (nSPS) is 23.4. The van der Waals surface area contributed by atoms with Crippen LogP contribution in [0.5, 0.6) is 0 Å². The number of hydrogen-bond acceptors (Lipinski definition) is 4. The molecule has 0 spiro atoms. The topological polar surface area (TPSA) is 43.2 Å². The highest BCUT2D eigenvalue weighted by Crippen LogP contribution is 2.27. The lowest BCUT2D eigenvalue weighted by Crippen LogP contribution is -2.44. The first-order chi connectivity index (χ1) is 10.1. The highest BCUT2D eigenvalue weighted by molar-refractivity contribution is 6.30. The standard InChI is InChI=1S/C15H19ClN4O/c1-11-9-21-14(12-4-3-5-13(16)6-12)7-20(11)8-15-17-10-18-19(15)2/h3-6,10-11,14H,7-9H2,1-2H3/t11-,14-/m1/s1. The molecule has 0 unspecified atom stereocenters. The summed E-state index contributed by atoms with van der Waals surface area (Å²) in [5.74, 6) is 0.966. The van der Waals surface area contributed by atoms with Gasteiger partial charge in [-0.2, -0.15) is 5.10 Å². The van der Waals surface area contributed by atoms with Crippen molar-refractivity contribution in [3.05, 3.63) is 47.0 Å². The van der Waals surface area contributed by atoms with Gasteiger partial charge in [-0.3, -0.25) is 9.58 Å². The van der Waals surface area contributed by atoms with Gasteiger partial charge < -0.3 is 4.74 Å². The summed E-state index contributed by atoms with van der Waals surface area (Å²) < 4.78 is 7.78. The van der Waals surface area contributed by atoms with Gasteiger partial charge in [-0.05, 0) is 24.6 Å². The fourth-order valence-corrected chi connectivity index (χ4v) is 2.78. The summed E-state index contributed by atoms with van der Waals surface area (Å²) in [5, 5.41) is 4.87. The fraction of sp³-hybridized carbons (Fsp3) is 0.467. The Morgan fingerprint density at radius 3 is 3.00 bits per heavy atom. The Hall–Kier alpha value is -1.43. The average Bonchev–Trinajstić information content (AvgIpc) is 2.87. The fourth-order valence-electron chi connectivity index (χ4n) is 2.58. The first-order valence-electron chi connectivity index (χ1n) is 7.07. The van der Waals surface area contributed by atoms with Crippen LogP contribution in [0.1, 0.15) is 24.4 Å². The number of nitrogens with zero attached hydrogens (tertiary/aromatic N) is 4. The molecule has 6 heteroatoms. The monoisotopic (exact) mass is 306 g/mol. The van der Waals surface area contributed by atoms with Crippen molar-refractivity contribution in [2.45, 2.75) is 25.6 Å². The first kappa shape index (κ1) is 14.5. The second-order valence-corrected chi connectivity index (χ2v) is 5.89. The van der Waals surface area contributed by atoms with E-state index in [9.17, 15) is 0 Å². The highest BCUT2D eigenvalue weighted by atomic mass is 35.5. The summed E-state index contributed by atoms with van der Waals surface area (Å²) in [6.45, 7) is 4.48. The molecule has 1 aliphatic rings. The van der Waals surface area contributed by atoms with Gasteiger partial charge in [0, 0.05) is 24.7 Å². The zero-order valence-corrected chi connectivity index (χ0v) is 13.0. The highest BCUT2D eigenvalue weighted by Gasteiger charge is 2.28. The van der Waals surface area contributed by atoms with Crippen LogP contribution in [0.3, 0.4) is 0 Å². The van der Waals surface area contributed by atoms with Gasteiger partial charge in [0.2, 0.25) is 0 Å². The summed E-state index contributed by atoms with van der Waals surface area (Å²) in [4.78, 5) is 6.68. The number of hydrogen-bond donors (Lipinski definition) is 0. The molecule has 0 bridgehead atoms. The van der Waals surface area contributed by atoms with Gasteiger partial charge in [0.15, 0.2) is 0 Å². The number of benzene rings is 1. The van der Waals surface area contributed by atoms with E-state index in [1.807, 2.05) is 29.9 Å². The van der Waals surface area contributed by atoms with Crippen LogP contribution < -0.4 is 0 Å². The quantitative estimate of drug-likeness (QED) is 0.873. The Kier molecular flexibility index (Phi) is 4.24. The van der Waals surface area contributed by atoms with Gasteiger partial charge in [0.25, 0.3) is 0 Å². The molecule has 3 rings (SSSR count). The minimum Gasteiger partial charge on any atom is -0.371 e. The molecule has 0 radical (unpaired) electrons. The van der Waals surface area contributed by atoms with Crippen LogP contribution in [0.2, 0.25) is 5.02 Å². The molecule has 21 heavy (non-hydrogen) atoms. The van der Waals surface area contributed by atoms with E-state index in [0.29, 0.717) is 12.6 Å². The van der Waals surface area contributed by atoms with Gasteiger partial charge >= 0.3 is 0 Å². The maximum atomic E-state index is 6.07. The Morgan fingerprint density at radius 1 is 1.43 bits per heavy atom. The predicted molar refractivity (Wildman–Crippen MR) is 81.0 cm³/mol. The lowest BCUT2D eigenvalue weighted by atomic mass is 10.1. The van der Waals surface area contributed by atoms with Crippen LogP contribution in [0.15, 0.2) is 30.6 Å². The smallest absolute Gasteiger partial charge is 0.140 e. The molecule has 0 amide bonds. The summed E-state index contributed by atoms with van der Waals surface area (Å²) in [6.07, 6.45) is 1.64. The van der Waals surface area contributed by atoms with Gasteiger partial charge in [-0.25, -0.2) is 4.98 Å². The lowest BCUT2D eigenvalue weighted by Gasteiger charge is -2.37. The van der Waals surface area contributed by atoms with Crippen molar-refractivity contribution in [2.24, 2.45) is 7.05 Å². The summed E-state index contributed by atoms with van der Waals surface area (Å²) in [5.41, 5.74) is 1.12. The molecular formula is C15H19ClN4O. The van der Waals surface area contributed by atoms with E-state index in [-0.39, 0.29) is 6.10 Å². The maximum Gasteiger partial charge on any atom is 0.140 e. The average molecular weight is 307 g/mol. The summed E-state index contributed by atoms with van der Waals surface area (Å²) >= 11 is 6.07. The Labute approximate surface area is 129 Å². The van der Waals surface area contributed by atoms with Crippen molar-refractivity contribution < 1.29 is 4.74 Å². The summed E-state index contributed by atoms with van der Waals surface area (Å²) in [7, 11) is 1.92. The van der Waals surface area contributed by atoms with Crippen LogP contribution in [-0.4, -0.2) is 38.9 Å². The Balaban J connectivity index is 1.74. The SMILES string of the molecule is C[C@@H]1CO[C@@H](c2cccc(Cl)c2)CN1Cc1ncnn1C. The van der Waals surface area contributed by atoms with Crippen LogP contribution >= 0.6 is 11.6 Å². The Morgan fingerprint density at radius 2 is 2.29 bits per heavy atom. The molecular weight excluding hydrogens is 288 g/mol. The zero-order valence-electron chi connectivity index (χ0n) is 12.2. The van der Waals surface area contributed by atoms with Crippen LogP contribution in [0.4, 0.5) is 0 Å². The molecule has 2 aromatic rings. The third-order valence-electron chi connectivity index (χ3n) is 3.93. The third-order valence-corrected chi connectivity index (χ3v) is 4.17. The summed E-state index contributed by atoms with van der Waals surface area (Å²) in [6, 6.07) is 8.24. The van der Waals surface area contributed by atoms with Crippen molar-refractivity contribution in [2.75, 3.05) is 13.2 Å². The lowest BCUT2D eigenvalue weighted by molar-refractivity contribution is -0.0643. The molecule has 0 saturated carbocycles. The van der Waals surface area contributed by atoms with Crippen molar-refractivity contribution in [1.29, 1.82) is 0 Å². The van der Waals surface area contributed by atoms with Crippen molar-refractivity contribution in [3.63, 3.8) is 0 Å². The molecule has 1 aromatic carbocycles. The zero-order chi connectivity index (χ0) is 14.8. The molecule has 1 aliphatic heterocycles. The van der Waals surface area contributed by atoms with E-state index in [2.05, 4.69) is 28.0 Å². The second kappa shape index (κ2) is 6.13. The molecule has 1 aromatic heterocycles. The number of halogens is 1. The van der Waals surface area contributed by atoms with Crippen LogP contribution in [-0.2, 0) is 18.3 Å². The molecule has 2 atom stereocenters. The molecule has 0 N–H and O–H groups in total. The van der Waals surface area contributed by atoms with E-state index in [0.717, 1.165) is 29.5 Å². The third kappa shape index (κ3) is 3.26. The maximum absolute atomic E-state index is 6.07. The number of ether oxygens (including phenoxy) is 1. The number of rotatable bonds is 3. The number of aromatic nitrogens is 3. The molecule has 1 fully saturated rings. The van der Waals surface area contributed by atoms with Gasteiger partial charge in [0.05, 0.1) is 19.3 Å². The van der Waals surface area contributed by atoms with E-state index in [1.54, 1.807) is 6.33 Å². The van der Waals surface area contributed by atoms with E-state index >= 15 is 0 Å². The number of morpholine rings is 1. The van der Waals surface area contributed by atoms with Gasteiger partial charge in [-0.15, -0.1) is 0 Å². The van der Waals surface area contributed by atoms with Crippen LogP contribution in [0, 0.1) is 0 Å². The van der Waals surface area contributed by atoms with Crippen molar-refractivity contribution in [3.8, 4) is 0 Å². The van der Waals surface area contributed by atoms with Crippen molar-refractivity contribution >= 4 is 11.6 Å². The second-order valence-electron chi connectivity index (χ2n) is 5.46. The minimum atomic E-state index is 0.0492. The van der Waals surface area contributed by atoms with E-state index in [4.69, 9.17) is 16.3 Å². The van der Waals surface area contributed by atoms with Gasteiger partial charge in [0.1, 0.15) is 12.2 Å². The van der Waals surface area contributed by atoms with Crippen LogP contribution in [0.25, 0.3) is 0 Å². The molecule has 112 valence electrons. The molecule has 1 saturated heterocycles. The van der Waals surface area contributed by atoms with Crippen molar-refractivity contribution in [1.82, 2.24) is 19.7 Å². The number of aryl methyl sites for hydroxylation is 1. The first-order valence-corrected chi connectivity index (χ1v) is 7.45. The van der Waals surface area contributed by atoms with E-state index < -0.39 is 0 Å². The largest absolute Gasteiger partial charge is 0.371 e. The molecule has 0 aliphatic carbocycles. The molecule has 5 nitrogen and oxygen atoms in total. The predicted octanol–water partition coefficient (Wildman–Crippen LogP) is 2.43.